The average Bonchev–Trinajstić information content (AvgIpc) is 2.74. The molecule has 3 rings (SSSR count). The molecule has 2 heterocycles. The van der Waals surface area contributed by atoms with Gasteiger partial charge in [0.2, 0.25) is 0 Å². The lowest BCUT2D eigenvalue weighted by Crippen LogP contribution is -1.98. The first-order valence-electron chi connectivity index (χ1n) is 5.70. The molecule has 2 N–H and O–H groups in total. The van der Waals surface area contributed by atoms with Gasteiger partial charge in [-0.2, -0.15) is 0 Å². The largest absolute Gasteiger partial charge is 0.399 e. The van der Waals surface area contributed by atoms with Gasteiger partial charge >= 0.3 is 0 Å². The van der Waals surface area contributed by atoms with Crippen molar-refractivity contribution in [3.63, 3.8) is 0 Å². The second-order valence-electron chi connectivity index (χ2n) is 4.32. The smallest absolute Gasteiger partial charge is 0.255 e. The van der Waals surface area contributed by atoms with E-state index in [-0.39, 0.29) is 0 Å². The summed E-state index contributed by atoms with van der Waals surface area (Å²) < 4.78 is 1.94. The van der Waals surface area contributed by atoms with Gasteiger partial charge in [0.25, 0.3) is 5.78 Å². The zero-order chi connectivity index (χ0) is 12.7. The minimum Gasteiger partial charge on any atom is -0.399 e. The SMILES string of the molecule is Cc1cc(C)n2c(-c3ccc(N)cc3)nnc2n1. The first-order chi connectivity index (χ1) is 8.65. The van der Waals surface area contributed by atoms with Crippen LogP contribution < -0.4 is 5.73 Å². The number of hydrogen-bond acceptors (Lipinski definition) is 4. The molecule has 0 radical (unpaired) electrons. The van der Waals surface area contributed by atoms with Crippen LogP contribution in [0.1, 0.15) is 11.4 Å². The number of hydrogen-bond donors (Lipinski definition) is 1. The van der Waals surface area contributed by atoms with Gasteiger partial charge in [0.1, 0.15) is 0 Å². The lowest BCUT2D eigenvalue weighted by molar-refractivity contribution is 1.02. The number of nitrogens with two attached hydrogens (primary N) is 1. The quantitative estimate of drug-likeness (QED) is 0.659. The molecule has 0 unspecified atom stereocenters. The van der Waals surface area contributed by atoms with Crippen molar-refractivity contribution in [1.82, 2.24) is 19.6 Å². The summed E-state index contributed by atoms with van der Waals surface area (Å²) >= 11 is 0. The Hall–Kier alpha value is -2.43. The van der Waals surface area contributed by atoms with Crippen LogP contribution in [0.4, 0.5) is 5.69 Å². The molecule has 0 saturated carbocycles. The van der Waals surface area contributed by atoms with Crippen LogP contribution in [-0.4, -0.2) is 19.6 Å². The third kappa shape index (κ3) is 1.60. The maximum absolute atomic E-state index is 5.69. The predicted molar refractivity (Wildman–Crippen MR) is 70.1 cm³/mol. The summed E-state index contributed by atoms with van der Waals surface area (Å²) in [5, 5.41) is 8.32. The normalized spacial score (nSPS) is 11.0. The molecule has 0 aliphatic heterocycles. The van der Waals surface area contributed by atoms with E-state index in [9.17, 15) is 0 Å². The van der Waals surface area contributed by atoms with Crippen LogP contribution in [0.3, 0.4) is 0 Å². The van der Waals surface area contributed by atoms with Crippen LogP contribution in [0.15, 0.2) is 30.3 Å². The Labute approximate surface area is 104 Å². The zero-order valence-corrected chi connectivity index (χ0v) is 10.3. The number of fused-ring (bicyclic) bond motifs is 1. The van der Waals surface area contributed by atoms with Gasteiger partial charge < -0.3 is 5.73 Å². The topological polar surface area (TPSA) is 69.1 Å². The Morgan fingerprint density at radius 3 is 2.50 bits per heavy atom. The minimum absolute atomic E-state index is 0.624. The maximum atomic E-state index is 5.69. The van der Waals surface area contributed by atoms with Gasteiger partial charge in [0, 0.05) is 22.6 Å². The molecule has 18 heavy (non-hydrogen) atoms. The molecule has 5 heteroatoms. The van der Waals surface area contributed by atoms with Crippen LogP contribution in [-0.2, 0) is 0 Å². The number of rotatable bonds is 1. The average molecular weight is 239 g/mol. The summed E-state index contributed by atoms with van der Waals surface area (Å²) in [6.07, 6.45) is 0. The number of anilines is 1. The van der Waals surface area contributed by atoms with Crippen molar-refractivity contribution in [2.75, 3.05) is 5.73 Å². The lowest BCUT2D eigenvalue weighted by Gasteiger charge is -2.04. The third-order valence-electron chi connectivity index (χ3n) is 2.86. The van der Waals surface area contributed by atoms with Gasteiger partial charge in [-0.3, -0.25) is 4.40 Å². The van der Waals surface area contributed by atoms with Crippen LogP contribution in [0, 0.1) is 13.8 Å². The highest BCUT2D eigenvalue weighted by atomic mass is 15.3. The lowest BCUT2D eigenvalue weighted by atomic mass is 10.2. The first-order valence-corrected chi connectivity index (χ1v) is 5.70. The summed E-state index contributed by atoms with van der Waals surface area (Å²) in [5.74, 6) is 1.41. The summed E-state index contributed by atoms with van der Waals surface area (Å²) in [6, 6.07) is 9.59. The summed E-state index contributed by atoms with van der Waals surface area (Å²) in [6.45, 7) is 3.97. The van der Waals surface area contributed by atoms with Gasteiger partial charge in [-0.05, 0) is 44.2 Å². The van der Waals surface area contributed by atoms with Crippen molar-refractivity contribution in [3.8, 4) is 11.4 Å². The first kappa shape index (κ1) is 10.7. The second kappa shape index (κ2) is 3.80. The number of aryl methyl sites for hydroxylation is 2. The molecule has 0 aliphatic carbocycles. The number of benzene rings is 1. The highest BCUT2D eigenvalue weighted by molar-refractivity contribution is 5.61. The Balaban J connectivity index is 2.27. The summed E-state index contributed by atoms with van der Waals surface area (Å²) in [4.78, 5) is 4.36. The Morgan fingerprint density at radius 2 is 1.78 bits per heavy atom. The standard InChI is InChI=1S/C13H13N5/c1-8-7-9(2)18-12(16-17-13(18)15-8)10-3-5-11(14)6-4-10/h3-7H,14H2,1-2H3. The van der Waals surface area contributed by atoms with E-state index >= 15 is 0 Å². The van der Waals surface area contributed by atoms with Crippen molar-refractivity contribution in [3.05, 3.63) is 41.7 Å². The van der Waals surface area contributed by atoms with Gasteiger partial charge in [0.15, 0.2) is 5.82 Å². The van der Waals surface area contributed by atoms with E-state index in [4.69, 9.17) is 5.73 Å². The number of nitrogens with zero attached hydrogens (tertiary/aromatic N) is 4. The molecule has 0 aliphatic rings. The number of nitrogen functional groups attached to an aromatic ring is 1. The Morgan fingerprint density at radius 1 is 1.06 bits per heavy atom. The van der Waals surface area contributed by atoms with Crippen molar-refractivity contribution in [2.24, 2.45) is 0 Å². The van der Waals surface area contributed by atoms with Crippen molar-refractivity contribution in [2.45, 2.75) is 13.8 Å². The second-order valence-corrected chi connectivity index (χ2v) is 4.32. The molecule has 0 bridgehead atoms. The molecule has 0 fully saturated rings. The van der Waals surface area contributed by atoms with E-state index < -0.39 is 0 Å². The van der Waals surface area contributed by atoms with Gasteiger partial charge in [-0.25, -0.2) is 4.98 Å². The van der Waals surface area contributed by atoms with Gasteiger partial charge in [-0.15, -0.1) is 10.2 Å². The maximum Gasteiger partial charge on any atom is 0.255 e. The molecule has 0 amide bonds. The molecule has 90 valence electrons. The zero-order valence-electron chi connectivity index (χ0n) is 10.3. The summed E-state index contributed by atoms with van der Waals surface area (Å²) in [5.41, 5.74) is 9.40. The minimum atomic E-state index is 0.624. The van der Waals surface area contributed by atoms with E-state index in [0.717, 1.165) is 28.5 Å². The monoisotopic (exact) mass is 239 g/mol. The Kier molecular flexibility index (Phi) is 2.26. The van der Waals surface area contributed by atoms with Crippen molar-refractivity contribution < 1.29 is 0 Å². The Bertz CT molecular complexity index is 712. The number of aromatic nitrogens is 4. The van der Waals surface area contributed by atoms with E-state index in [1.54, 1.807) is 0 Å². The van der Waals surface area contributed by atoms with Crippen LogP contribution in [0.2, 0.25) is 0 Å². The summed E-state index contributed by atoms with van der Waals surface area (Å²) in [7, 11) is 0. The van der Waals surface area contributed by atoms with Gasteiger partial charge in [0.05, 0.1) is 0 Å². The van der Waals surface area contributed by atoms with Gasteiger partial charge in [-0.1, -0.05) is 0 Å². The van der Waals surface area contributed by atoms with E-state index in [1.165, 1.54) is 0 Å². The van der Waals surface area contributed by atoms with Crippen molar-refractivity contribution in [1.29, 1.82) is 0 Å². The molecule has 2 aromatic heterocycles. The van der Waals surface area contributed by atoms with Crippen LogP contribution in [0.5, 0.6) is 0 Å². The van der Waals surface area contributed by atoms with E-state index in [1.807, 2.05) is 48.6 Å². The molecule has 5 nitrogen and oxygen atoms in total. The fourth-order valence-corrected chi connectivity index (χ4v) is 2.05. The van der Waals surface area contributed by atoms with E-state index in [0.29, 0.717) is 5.78 Å². The molecule has 0 saturated heterocycles. The van der Waals surface area contributed by atoms with E-state index in [2.05, 4.69) is 15.2 Å². The highest BCUT2D eigenvalue weighted by Crippen LogP contribution is 2.20. The fourth-order valence-electron chi connectivity index (χ4n) is 2.05. The van der Waals surface area contributed by atoms with Crippen LogP contribution >= 0.6 is 0 Å². The highest BCUT2D eigenvalue weighted by Gasteiger charge is 2.11. The fraction of sp³-hybridized carbons (Fsp3) is 0.154. The molecule has 0 atom stereocenters. The molecule has 1 aromatic carbocycles. The molecular formula is C13H13N5. The van der Waals surface area contributed by atoms with Crippen LogP contribution in [0.25, 0.3) is 17.2 Å². The molecular weight excluding hydrogens is 226 g/mol. The molecule has 0 spiro atoms. The predicted octanol–water partition coefficient (Wildman–Crippen LogP) is 1.99. The molecule has 3 aromatic rings. The third-order valence-corrected chi connectivity index (χ3v) is 2.86. The van der Waals surface area contributed by atoms with Crippen molar-refractivity contribution >= 4 is 11.5 Å².